The van der Waals surface area contributed by atoms with Crippen molar-refractivity contribution in [1.29, 1.82) is 0 Å². The second-order valence-corrected chi connectivity index (χ2v) is 6.03. The standard InChI is InChI=1S/C17H19N7O/c25-17(23-10-2-1-3-16(23)13-11-18-19-12-13)22-14-4-6-15(7-5-14)24-20-8-9-21-24/h4-9,11-12,16H,1-3,10H2,(H,18,19)(H,22,25)/t16-/m1/s1. The normalized spacial score (nSPS) is 17.4. The van der Waals surface area contributed by atoms with Gasteiger partial charge in [-0.1, -0.05) is 0 Å². The average Bonchev–Trinajstić information content (AvgIpc) is 3.36. The number of nitrogens with one attached hydrogen (secondary N) is 2. The monoisotopic (exact) mass is 337 g/mol. The van der Waals surface area contributed by atoms with Crippen LogP contribution in [0.2, 0.25) is 0 Å². The third-order valence-electron chi connectivity index (χ3n) is 4.44. The highest BCUT2D eigenvalue weighted by molar-refractivity contribution is 5.89. The molecule has 3 aromatic rings. The summed E-state index contributed by atoms with van der Waals surface area (Å²) in [5, 5.41) is 18.0. The van der Waals surface area contributed by atoms with Crippen LogP contribution in [0.4, 0.5) is 10.5 Å². The first kappa shape index (κ1) is 15.4. The van der Waals surface area contributed by atoms with Gasteiger partial charge in [0, 0.05) is 24.0 Å². The molecule has 4 rings (SSSR count). The molecule has 1 atom stereocenters. The van der Waals surface area contributed by atoms with Gasteiger partial charge in [0.1, 0.15) is 0 Å². The molecule has 128 valence electrons. The van der Waals surface area contributed by atoms with E-state index in [9.17, 15) is 4.79 Å². The number of anilines is 1. The van der Waals surface area contributed by atoms with E-state index in [4.69, 9.17) is 0 Å². The second-order valence-electron chi connectivity index (χ2n) is 6.03. The fourth-order valence-electron chi connectivity index (χ4n) is 3.19. The molecule has 0 unspecified atom stereocenters. The number of likely N-dealkylation sites (tertiary alicyclic amines) is 1. The van der Waals surface area contributed by atoms with Crippen molar-refractivity contribution in [3.8, 4) is 5.69 Å². The number of benzene rings is 1. The fourth-order valence-corrected chi connectivity index (χ4v) is 3.19. The lowest BCUT2D eigenvalue weighted by molar-refractivity contribution is 0.163. The molecule has 2 aromatic heterocycles. The molecule has 0 bridgehead atoms. The van der Waals surface area contributed by atoms with Crippen LogP contribution in [-0.2, 0) is 0 Å². The number of hydrogen-bond donors (Lipinski definition) is 2. The number of hydrogen-bond acceptors (Lipinski definition) is 4. The molecular formula is C17H19N7O. The number of piperidine rings is 1. The fraction of sp³-hybridized carbons (Fsp3) is 0.294. The zero-order valence-electron chi connectivity index (χ0n) is 13.7. The summed E-state index contributed by atoms with van der Waals surface area (Å²) in [4.78, 5) is 16.2. The van der Waals surface area contributed by atoms with E-state index in [1.54, 1.807) is 18.6 Å². The highest BCUT2D eigenvalue weighted by atomic mass is 16.2. The molecule has 3 heterocycles. The number of H-pyrrole nitrogens is 1. The molecule has 8 heteroatoms. The van der Waals surface area contributed by atoms with Gasteiger partial charge in [-0.25, -0.2) is 4.79 Å². The topological polar surface area (TPSA) is 91.7 Å². The Labute approximate surface area is 144 Å². The molecule has 0 radical (unpaired) electrons. The number of aromatic amines is 1. The van der Waals surface area contributed by atoms with E-state index >= 15 is 0 Å². The summed E-state index contributed by atoms with van der Waals surface area (Å²) in [6, 6.07) is 7.44. The van der Waals surface area contributed by atoms with Crippen LogP contribution in [0.1, 0.15) is 30.9 Å². The van der Waals surface area contributed by atoms with Gasteiger partial charge < -0.3 is 10.2 Å². The maximum Gasteiger partial charge on any atom is 0.322 e. The van der Waals surface area contributed by atoms with Crippen LogP contribution in [0.5, 0.6) is 0 Å². The Hall–Kier alpha value is -3.16. The summed E-state index contributed by atoms with van der Waals surface area (Å²) in [6.45, 7) is 0.747. The number of aromatic nitrogens is 5. The maximum absolute atomic E-state index is 12.7. The van der Waals surface area contributed by atoms with Gasteiger partial charge in [0.25, 0.3) is 0 Å². The SMILES string of the molecule is O=C(Nc1ccc(-n2nccn2)cc1)N1CCCC[C@@H]1c1cn[nH]c1. The molecule has 1 aliphatic rings. The minimum absolute atomic E-state index is 0.0695. The van der Waals surface area contributed by atoms with Crippen molar-refractivity contribution in [3.05, 3.63) is 54.6 Å². The van der Waals surface area contributed by atoms with Gasteiger partial charge in [0.05, 0.1) is 30.3 Å². The Morgan fingerprint density at radius 1 is 1.16 bits per heavy atom. The van der Waals surface area contributed by atoms with Crippen molar-refractivity contribution in [2.24, 2.45) is 0 Å². The molecule has 25 heavy (non-hydrogen) atoms. The van der Waals surface area contributed by atoms with E-state index in [1.807, 2.05) is 35.4 Å². The smallest absolute Gasteiger partial charge is 0.317 e. The van der Waals surface area contributed by atoms with E-state index in [-0.39, 0.29) is 12.1 Å². The van der Waals surface area contributed by atoms with Crippen molar-refractivity contribution < 1.29 is 4.79 Å². The summed E-state index contributed by atoms with van der Waals surface area (Å²) < 4.78 is 0. The number of amides is 2. The Morgan fingerprint density at radius 2 is 1.96 bits per heavy atom. The minimum atomic E-state index is -0.0872. The third kappa shape index (κ3) is 3.23. The van der Waals surface area contributed by atoms with E-state index in [0.717, 1.165) is 42.7 Å². The van der Waals surface area contributed by atoms with Crippen molar-refractivity contribution in [2.45, 2.75) is 25.3 Å². The van der Waals surface area contributed by atoms with Crippen LogP contribution in [-0.4, -0.2) is 42.7 Å². The molecule has 8 nitrogen and oxygen atoms in total. The molecule has 0 saturated carbocycles. The first-order valence-electron chi connectivity index (χ1n) is 8.34. The third-order valence-corrected chi connectivity index (χ3v) is 4.44. The molecule has 1 saturated heterocycles. The summed E-state index contributed by atoms with van der Waals surface area (Å²) in [7, 11) is 0. The first-order valence-corrected chi connectivity index (χ1v) is 8.34. The van der Waals surface area contributed by atoms with Crippen LogP contribution in [0, 0.1) is 0 Å². The molecule has 0 spiro atoms. The van der Waals surface area contributed by atoms with E-state index in [0.29, 0.717) is 0 Å². The second kappa shape index (κ2) is 6.76. The summed E-state index contributed by atoms with van der Waals surface area (Å²) in [6.07, 6.45) is 10.0. The van der Waals surface area contributed by atoms with Gasteiger partial charge in [-0.3, -0.25) is 5.10 Å². The lowest BCUT2D eigenvalue weighted by atomic mass is 9.98. The quantitative estimate of drug-likeness (QED) is 0.769. The number of nitrogens with zero attached hydrogens (tertiary/aromatic N) is 5. The number of carbonyl (C=O) groups is 1. The van der Waals surface area contributed by atoms with Crippen molar-refractivity contribution in [3.63, 3.8) is 0 Å². The Morgan fingerprint density at radius 3 is 2.68 bits per heavy atom. The molecule has 2 amide bonds. The molecule has 1 fully saturated rings. The molecular weight excluding hydrogens is 318 g/mol. The van der Waals surface area contributed by atoms with Crippen LogP contribution in [0.3, 0.4) is 0 Å². The predicted octanol–water partition coefficient (Wildman–Crippen LogP) is 2.75. The first-order chi connectivity index (χ1) is 12.3. The highest BCUT2D eigenvalue weighted by Crippen LogP contribution is 2.30. The van der Waals surface area contributed by atoms with Gasteiger partial charge in [-0.15, -0.1) is 0 Å². The van der Waals surface area contributed by atoms with Gasteiger partial charge in [0.2, 0.25) is 0 Å². The molecule has 1 aliphatic heterocycles. The average molecular weight is 337 g/mol. The van der Waals surface area contributed by atoms with Gasteiger partial charge in [-0.2, -0.15) is 20.1 Å². The van der Waals surface area contributed by atoms with Crippen molar-refractivity contribution in [1.82, 2.24) is 30.1 Å². The van der Waals surface area contributed by atoms with Gasteiger partial charge >= 0.3 is 6.03 Å². The van der Waals surface area contributed by atoms with Crippen molar-refractivity contribution >= 4 is 11.7 Å². The van der Waals surface area contributed by atoms with Crippen LogP contribution in [0.15, 0.2) is 49.1 Å². The summed E-state index contributed by atoms with van der Waals surface area (Å²) in [5.41, 5.74) is 2.64. The van der Waals surface area contributed by atoms with Crippen molar-refractivity contribution in [2.75, 3.05) is 11.9 Å². The predicted molar refractivity (Wildman–Crippen MR) is 92.3 cm³/mol. The van der Waals surface area contributed by atoms with Crippen LogP contribution >= 0.6 is 0 Å². The Bertz CT molecular complexity index is 811. The number of rotatable bonds is 3. The molecule has 0 aliphatic carbocycles. The summed E-state index contributed by atoms with van der Waals surface area (Å²) >= 11 is 0. The van der Waals surface area contributed by atoms with E-state index in [2.05, 4.69) is 25.7 Å². The van der Waals surface area contributed by atoms with Gasteiger partial charge in [0.15, 0.2) is 0 Å². The highest BCUT2D eigenvalue weighted by Gasteiger charge is 2.28. The Balaban J connectivity index is 1.47. The van der Waals surface area contributed by atoms with Crippen LogP contribution < -0.4 is 5.32 Å². The number of urea groups is 1. The zero-order chi connectivity index (χ0) is 17.1. The lowest BCUT2D eigenvalue weighted by Crippen LogP contribution is -2.41. The van der Waals surface area contributed by atoms with E-state index < -0.39 is 0 Å². The number of carbonyl (C=O) groups excluding carboxylic acids is 1. The molecule has 2 N–H and O–H groups in total. The maximum atomic E-state index is 12.7. The molecule has 1 aromatic carbocycles. The minimum Gasteiger partial charge on any atom is -0.317 e. The Kier molecular flexibility index (Phi) is 4.16. The van der Waals surface area contributed by atoms with E-state index in [1.165, 1.54) is 4.80 Å². The van der Waals surface area contributed by atoms with Crippen LogP contribution in [0.25, 0.3) is 5.69 Å². The summed E-state index contributed by atoms with van der Waals surface area (Å²) in [5.74, 6) is 0. The largest absolute Gasteiger partial charge is 0.322 e. The van der Waals surface area contributed by atoms with Gasteiger partial charge in [-0.05, 0) is 43.5 Å². The zero-order valence-corrected chi connectivity index (χ0v) is 13.7. The lowest BCUT2D eigenvalue weighted by Gasteiger charge is -2.35.